The molecule has 69 heavy (non-hydrogen) atoms. The number of aliphatic hydroxyl groups is 11. The molecule has 17 atom stereocenters. The molecular formula is C50H87NO18. The monoisotopic (exact) mass is 990 g/mol. The molecular weight excluding hydrogens is 903 g/mol. The van der Waals surface area contributed by atoms with Gasteiger partial charge in [-0.25, -0.2) is 0 Å². The van der Waals surface area contributed by atoms with Gasteiger partial charge in [0.15, 0.2) is 18.9 Å². The highest BCUT2D eigenvalue weighted by Crippen LogP contribution is 2.33. The SMILES string of the molecule is CCCC/C=C/CC/C=C/C(O)C(COC1OC(CO)C(OC2OC(CO)C(OC3OC(CO)C(O)C(O)C3O)C(O)C2O)C(O)C1O)NC(=O)CCCCCCC/C=C\C/C=C\CCCCCC. The van der Waals surface area contributed by atoms with E-state index < -0.39 is 124 Å². The van der Waals surface area contributed by atoms with Gasteiger partial charge in [-0.05, 0) is 57.8 Å². The third-order valence-corrected chi connectivity index (χ3v) is 12.6. The van der Waals surface area contributed by atoms with Crippen molar-refractivity contribution in [2.45, 2.75) is 234 Å². The van der Waals surface area contributed by atoms with Crippen molar-refractivity contribution >= 4 is 5.91 Å². The maximum absolute atomic E-state index is 13.2. The quantitative estimate of drug-likeness (QED) is 0.0322. The van der Waals surface area contributed by atoms with Crippen molar-refractivity contribution in [3.63, 3.8) is 0 Å². The van der Waals surface area contributed by atoms with Crippen LogP contribution in [0.4, 0.5) is 0 Å². The molecule has 19 heteroatoms. The Morgan fingerprint density at radius 1 is 0.522 bits per heavy atom. The molecule has 0 saturated carbocycles. The van der Waals surface area contributed by atoms with Gasteiger partial charge >= 0.3 is 0 Å². The molecule has 3 fully saturated rings. The molecule has 3 rings (SSSR count). The number of carbonyl (C=O) groups is 1. The fourth-order valence-corrected chi connectivity index (χ4v) is 8.28. The van der Waals surface area contributed by atoms with Crippen molar-refractivity contribution in [2.24, 2.45) is 0 Å². The molecule has 0 radical (unpaired) electrons. The first-order valence-corrected chi connectivity index (χ1v) is 25.4. The van der Waals surface area contributed by atoms with Crippen LogP contribution in [0.3, 0.4) is 0 Å². The van der Waals surface area contributed by atoms with Crippen LogP contribution in [0.1, 0.15) is 129 Å². The smallest absolute Gasteiger partial charge is 0.220 e. The van der Waals surface area contributed by atoms with E-state index in [0.717, 1.165) is 70.6 Å². The summed E-state index contributed by atoms with van der Waals surface area (Å²) in [6, 6.07) is -0.994. The Labute approximate surface area is 408 Å². The highest BCUT2D eigenvalue weighted by molar-refractivity contribution is 5.76. The third-order valence-electron chi connectivity index (χ3n) is 12.6. The highest BCUT2D eigenvalue weighted by atomic mass is 16.8. The summed E-state index contributed by atoms with van der Waals surface area (Å²) in [6.45, 7) is 1.54. The van der Waals surface area contributed by atoms with Crippen LogP contribution in [0, 0.1) is 0 Å². The lowest BCUT2D eigenvalue weighted by molar-refractivity contribution is -0.379. The van der Waals surface area contributed by atoms with E-state index in [1.54, 1.807) is 12.2 Å². The van der Waals surface area contributed by atoms with Crippen LogP contribution >= 0.6 is 0 Å². The number of nitrogens with one attached hydrogen (secondary N) is 1. The van der Waals surface area contributed by atoms with E-state index in [2.05, 4.69) is 55.6 Å². The first kappa shape index (κ1) is 61.1. The van der Waals surface area contributed by atoms with Gasteiger partial charge in [0, 0.05) is 6.42 Å². The molecule has 0 aromatic carbocycles. The van der Waals surface area contributed by atoms with Crippen LogP contribution in [0.15, 0.2) is 48.6 Å². The summed E-state index contributed by atoms with van der Waals surface area (Å²) in [5.74, 6) is -0.307. The highest BCUT2D eigenvalue weighted by Gasteiger charge is 2.53. The van der Waals surface area contributed by atoms with E-state index in [0.29, 0.717) is 12.8 Å². The minimum Gasteiger partial charge on any atom is -0.394 e. The number of amides is 1. The van der Waals surface area contributed by atoms with E-state index in [9.17, 15) is 61.0 Å². The standard InChI is InChI=1S/C50H87NO18/c1-3-5-7-9-11-13-14-15-16-17-18-19-20-22-24-26-28-38(56)51-33(34(55)27-25-23-21-12-10-8-6-4-2)32-64-48-44(62)41(59)46(36(30-53)66-48)69-50-45(63)42(60)47(37(31-54)67-50)68-49-43(61)40(58)39(57)35(29-52)65-49/h10,12-14,16-17,25,27,33-37,39-50,52-55,57-63H,3-9,11,15,18-24,26,28-32H2,1-2H3,(H,51,56)/b12-10+,14-13-,17-16-,27-25+. The van der Waals surface area contributed by atoms with Gasteiger partial charge < -0.3 is 89.9 Å². The molecule has 3 aliphatic rings. The van der Waals surface area contributed by atoms with Crippen LogP contribution < -0.4 is 5.32 Å². The molecule has 0 aromatic heterocycles. The van der Waals surface area contributed by atoms with Gasteiger partial charge in [0.05, 0.1) is 38.6 Å². The van der Waals surface area contributed by atoms with Gasteiger partial charge in [0.2, 0.25) is 5.91 Å². The number of hydrogen-bond donors (Lipinski definition) is 12. The second kappa shape index (κ2) is 35.0. The summed E-state index contributed by atoms with van der Waals surface area (Å²) in [5.41, 5.74) is 0. The number of carbonyl (C=O) groups excluding carboxylic acids is 1. The third kappa shape index (κ3) is 21.0. The van der Waals surface area contributed by atoms with Crippen LogP contribution in [-0.2, 0) is 33.2 Å². The van der Waals surface area contributed by atoms with Crippen LogP contribution in [0.25, 0.3) is 0 Å². The summed E-state index contributed by atoms with van der Waals surface area (Å²) in [5, 5.41) is 119. The molecule has 17 unspecified atom stereocenters. The number of hydrogen-bond acceptors (Lipinski definition) is 18. The molecule has 19 nitrogen and oxygen atoms in total. The maximum atomic E-state index is 13.2. The van der Waals surface area contributed by atoms with Crippen molar-refractivity contribution in [3.05, 3.63) is 48.6 Å². The largest absolute Gasteiger partial charge is 0.394 e. The summed E-state index contributed by atoms with van der Waals surface area (Å²) >= 11 is 0. The lowest BCUT2D eigenvalue weighted by Gasteiger charge is -2.48. The predicted molar refractivity (Wildman–Crippen MR) is 254 cm³/mol. The molecule has 0 aromatic rings. The van der Waals surface area contributed by atoms with Gasteiger partial charge in [-0.1, -0.05) is 114 Å². The van der Waals surface area contributed by atoms with E-state index in [4.69, 9.17) is 28.4 Å². The molecule has 400 valence electrons. The van der Waals surface area contributed by atoms with Crippen LogP contribution in [0.2, 0.25) is 0 Å². The van der Waals surface area contributed by atoms with E-state index in [1.165, 1.54) is 25.7 Å². The molecule has 3 aliphatic heterocycles. The Balaban J connectivity index is 1.55. The number of rotatable bonds is 34. The summed E-state index contributed by atoms with van der Waals surface area (Å²) < 4.78 is 34.0. The summed E-state index contributed by atoms with van der Waals surface area (Å²) in [7, 11) is 0. The Hall–Kier alpha value is -2.25. The average molecular weight is 990 g/mol. The topological polar surface area (TPSA) is 307 Å². The van der Waals surface area contributed by atoms with Crippen molar-refractivity contribution in [3.8, 4) is 0 Å². The van der Waals surface area contributed by atoms with Gasteiger partial charge in [-0.3, -0.25) is 4.79 Å². The molecule has 12 N–H and O–H groups in total. The first-order chi connectivity index (χ1) is 33.3. The molecule has 3 heterocycles. The zero-order chi connectivity index (χ0) is 50.6. The number of aliphatic hydroxyl groups excluding tert-OH is 11. The van der Waals surface area contributed by atoms with Gasteiger partial charge in [-0.2, -0.15) is 0 Å². The fourth-order valence-electron chi connectivity index (χ4n) is 8.28. The van der Waals surface area contributed by atoms with Crippen LogP contribution in [0.5, 0.6) is 0 Å². The predicted octanol–water partition coefficient (Wildman–Crippen LogP) is 1.58. The Bertz CT molecular complexity index is 1460. The van der Waals surface area contributed by atoms with Crippen LogP contribution in [-0.4, -0.2) is 193 Å². The number of allylic oxidation sites excluding steroid dienone is 7. The van der Waals surface area contributed by atoms with E-state index in [1.807, 2.05) is 0 Å². The van der Waals surface area contributed by atoms with Gasteiger partial charge in [-0.15, -0.1) is 0 Å². The zero-order valence-corrected chi connectivity index (χ0v) is 40.8. The fraction of sp³-hybridized carbons (Fsp3) is 0.820. The lowest BCUT2D eigenvalue weighted by atomic mass is 9.96. The molecule has 1 amide bonds. The van der Waals surface area contributed by atoms with Crippen molar-refractivity contribution in [1.82, 2.24) is 5.32 Å². The van der Waals surface area contributed by atoms with Crippen molar-refractivity contribution < 1.29 is 89.4 Å². The van der Waals surface area contributed by atoms with E-state index in [-0.39, 0.29) is 18.9 Å². The Morgan fingerprint density at radius 3 is 1.58 bits per heavy atom. The second-order valence-electron chi connectivity index (χ2n) is 18.3. The minimum atomic E-state index is -1.98. The molecule has 0 bridgehead atoms. The molecule has 3 saturated heterocycles. The molecule has 0 aliphatic carbocycles. The Morgan fingerprint density at radius 2 is 0.986 bits per heavy atom. The lowest BCUT2D eigenvalue weighted by Crippen LogP contribution is -2.66. The normalized spacial score (nSPS) is 33.3. The average Bonchev–Trinajstić information content (AvgIpc) is 3.34. The first-order valence-electron chi connectivity index (χ1n) is 25.4. The second-order valence-corrected chi connectivity index (χ2v) is 18.3. The maximum Gasteiger partial charge on any atom is 0.220 e. The molecule has 0 spiro atoms. The summed E-state index contributed by atoms with van der Waals surface area (Å²) in [6.07, 6.45) is 7.17. The van der Waals surface area contributed by atoms with Crippen molar-refractivity contribution in [2.75, 3.05) is 26.4 Å². The van der Waals surface area contributed by atoms with Gasteiger partial charge in [0.1, 0.15) is 73.2 Å². The van der Waals surface area contributed by atoms with E-state index >= 15 is 0 Å². The zero-order valence-electron chi connectivity index (χ0n) is 40.8. The summed E-state index contributed by atoms with van der Waals surface area (Å²) in [4.78, 5) is 13.2. The van der Waals surface area contributed by atoms with Gasteiger partial charge in [0.25, 0.3) is 0 Å². The minimum absolute atomic E-state index is 0.217. The van der Waals surface area contributed by atoms with Crippen molar-refractivity contribution in [1.29, 1.82) is 0 Å². The number of ether oxygens (including phenoxy) is 6. The number of unbranched alkanes of at least 4 members (excludes halogenated alkanes) is 12. The Kier molecular flexibility index (Phi) is 31.0.